The highest BCUT2D eigenvalue weighted by atomic mass is 16.7. The van der Waals surface area contributed by atoms with E-state index in [1.54, 1.807) is 12.5 Å². The molecule has 2 rings (SSSR count). The molecule has 0 aromatic carbocycles. The Labute approximate surface area is 82.3 Å². The number of rotatable bonds is 3. The van der Waals surface area contributed by atoms with Crippen LogP contribution in [0.4, 0.5) is 0 Å². The molecule has 2 heterocycles. The highest BCUT2D eigenvalue weighted by Gasteiger charge is 2.37. The van der Waals surface area contributed by atoms with Gasteiger partial charge in [-0.25, -0.2) is 4.98 Å². The minimum absolute atomic E-state index is 0.000478. The quantitative estimate of drug-likeness (QED) is 0.743. The Hall–Kier alpha value is -0.910. The largest absolute Gasteiger partial charge is 0.394 e. The van der Waals surface area contributed by atoms with Crippen molar-refractivity contribution in [2.45, 2.75) is 25.4 Å². The normalized spacial score (nSPS) is 32.3. The molecule has 2 unspecified atom stereocenters. The molecule has 1 fully saturated rings. The number of aromatic nitrogens is 2. The molecule has 0 bridgehead atoms. The zero-order valence-corrected chi connectivity index (χ0v) is 8.09. The Morgan fingerprint density at radius 2 is 2.57 bits per heavy atom. The Kier molecular flexibility index (Phi) is 2.54. The Bertz CT molecular complexity index is 288. The van der Waals surface area contributed by atoms with Crippen LogP contribution in [0, 0.1) is 0 Å². The van der Waals surface area contributed by atoms with E-state index in [2.05, 4.69) is 4.98 Å². The molecule has 1 aromatic heterocycles. The van der Waals surface area contributed by atoms with Gasteiger partial charge in [-0.05, 0) is 6.92 Å². The van der Waals surface area contributed by atoms with Crippen LogP contribution in [0.25, 0.3) is 0 Å². The standard InChI is InChI=1S/C9H14N2O3/c1-9(6-11-3-2-10-7-11)13-5-8(4-12)14-9/h2-3,7-8,12H,4-6H2,1H3. The summed E-state index contributed by atoms with van der Waals surface area (Å²) in [6.07, 6.45) is 5.07. The van der Waals surface area contributed by atoms with Crippen LogP contribution in [0.3, 0.4) is 0 Å². The summed E-state index contributed by atoms with van der Waals surface area (Å²) < 4.78 is 12.9. The predicted octanol–water partition coefficient (Wildman–Crippen LogP) is 0.00700. The van der Waals surface area contributed by atoms with Gasteiger partial charge < -0.3 is 19.1 Å². The Morgan fingerprint density at radius 3 is 3.14 bits per heavy atom. The van der Waals surface area contributed by atoms with Gasteiger partial charge >= 0.3 is 0 Å². The predicted molar refractivity (Wildman–Crippen MR) is 48.5 cm³/mol. The highest BCUT2D eigenvalue weighted by Crippen LogP contribution is 2.24. The van der Waals surface area contributed by atoms with Gasteiger partial charge in [0.15, 0.2) is 5.79 Å². The van der Waals surface area contributed by atoms with Crippen LogP contribution in [-0.4, -0.2) is 39.8 Å². The summed E-state index contributed by atoms with van der Waals surface area (Å²) >= 11 is 0. The minimum atomic E-state index is -0.645. The average Bonchev–Trinajstić information content (AvgIpc) is 2.76. The van der Waals surface area contributed by atoms with Crippen LogP contribution in [0.1, 0.15) is 6.92 Å². The molecule has 14 heavy (non-hydrogen) atoms. The molecule has 0 saturated carbocycles. The van der Waals surface area contributed by atoms with Crippen LogP contribution in [0.15, 0.2) is 18.7 Å². The molecule has 1 aromatic rings. The van der Waals surface area contributed by atoms with Gasteiger partial charge in [0.05, 0.1) is 26.1 Å². The van der Waals surface area contributed by atoms with Gasteiger partial charge in [-0.15, -0.1) is 0 Å². The van der Waals surface area contributed by atoms with Crippen molar-refractivity contribution in [2.75, 3.05) is 13.2 Å². The van der Waals surface area contributed by atoms with E-state index in [1.807, 2.05) is 17.7 Å². The van der Waals surface area contributed by atoms with Crippen molar-refractivity contribution in [2.24, 2.45) is 0 Å². The summed E-state index contributed by atoms with van der Waals surface area (Å²) in [5.74, 6) is -0.645. The van der Waals surface area contributed by atoms with E-state index in [-0.39, 0.29) is 12.7 Å². The molecule has 1 N–H and O–H groups in total. The molecule has 2 atom stereocenters. The molecule has 5 nitrogen and oxygen atoms in total. The average molecular weight is 198 g/mol. The number of nitrogens with zero attached hydrogens (tertiary/aromatic N) is 2. The van der Waals surface area contributed by atoms with Gasteiger partial charge in [0.25, 0.3) is 0 Å². The Balaban J connectivity index is 1.97. The molecular formula is C9H14N2O3. The maximum absolute atomic E-state index is 8.90. The van der Waals surface area contributed by atoms with Gasteiger partial charge in [0.2, 0.25) is 0 Å². The third-order valence-electron chi connectivity index (χ3n) is 2.22. The van der Waals surface area contributed by atoms with Crippen LogP contribution in [-0.2, 0) is 16.0 Å². The van der Waals surface area contributed by atoms with Gasteiger partial charge in [0, 0.05) is 12.4 Å². The molecule has 0 spiro atoms. The van der Waals surface area contributed by atoms with Crippen LogP contribution >= 0.6 is 0 Å². The second-order valence-corrected chi connectivity index (χ2v) is 3.60. The molecule has 0 aliphatic carbocycles. The van der Waals surface area contributed by atoms with Gasteiger partial charge in [0.1, 0.15) is 6.10 Å². The number of imidazole rings is 1. The first-order valence-corrected chi connectivity index (χ1v) is 4.60. The molecule has 1 aliphatic rings. The molecule has 5 heteroatoms. The number of hydrogen-bond donors (Lipinski definition) is 1. The molecule has 78 valence electrons. The number of hydrogen-bond acceptors (Lipinski definition) is 4. The van der Waals surface area contributed by atoms with E-state index in [0.29, 0.717) is 13.2 Å². The van der Waals surface area contributed by atoms with Crippen molar-refractivity contribution in [1.29, 1.82) is 0 Å². The molecule has 1 aliphatic heterocycles. The van der Waals surface area contributed by atoms with Crippen molar-refractivity contribution in [3.8, 4) is 0 Å². The topological polar surface area (TPSA) is 56.5 Å². The summed E-state index contributed by atoms with van der Waals surface area (Å²) in [6.45, 7) is 2.90. The lowest BCUT2D eigenvalue weighted by atomic mass is 10.3. The van der Waals surface area contributed by atoms with E-state index in [4.69, 9.17) is 14.6 Å². The van der Waals surface area contributed by atoms with Crippen molar-refractivity contribution >= 4 is 0 Å². The fourth-order valence-electron chi connectivity index (χ4n) is 1.57. The summed E-state index contributed by atoms with van der Waals surface area (Å²) in [4.78, 5) is 3.94. The van der Waals surface area contributed by atoms with E-state index < -0.39 is 5.79 Å². The second kappa shape index (κ2) is 3.68. The van der Waals surface area contributed by atoms with E-state index >= 15 is 0 Å². The first kappa shape index (κ1) is 9.64. The summed E-state index contributed by atoms with van der Waals surface area (Å²) in [5.41, 5.74) is 0. The molecule has 1 saturated heterocycles. The smallest absolute Gasteiger partial charge is 0.184 e. The number of aliphatic hydroxyl groups excluding tert-OH is 1. The molecule has 0 radical (unpaired) electrons. The SMILES string of the molecule is CC1(Cn2ccnc2)OCC(CO)O1. The van der Waals surface area contributed by atoms with Crippen molar-refractivity contribution < 1.29 is 14.6 Å². The lowest BCUT2D eigenvalue weighted by Crippen LogP contribution is -2.32. The Morgan fingerprint density at radius 1 is 1.71 bits per heavy atom. The maximum Gasteiger partial charge on any atom is 0.184 e. The number of aliphatic hydroxyl groups is 1. The first-order chi connectivity index (χ1) is 6.72. The van der Waals surface area contributed by atoms with Crippen molar-refractivity contribution in [3.63, 3.8) is 0 Å². The fourth-order valence-corrected chi connectivity index (χ4v) is 1.57. The maximum atomic E-state index is 8.90. The molecule has 0 amide bonds. The van der Waals surface area contributed by atoms with Crippen LogP contribution < -0.4 is 0 Å². The lowest BCUT2D eigenvalue weighted by molar-refractivity contribution is -0.166. The second-order valence-electron chi connectivity index (χ2n) is 3.60. The zero-order valence-electron chi connectivity index (χ0n) is 8.09. The first-order valence-electron chi connectivity index (χ1n) is 4.60. The third-order valence-corrected chi connectivity index (χ3v) is 2.22. The molecular weight excluding hydrogens is 184 g/mol. The van der Waals surface area contributed by atoms with E-state index in [1.165, 1.54) is 0 Å². The fraction of sp³-hybridized carbons (Fsp3) is 0.667. The number of ether oxygens (including phenoxy) is 2. The third kappa shape index (κ3) is 1.95. The summed E-state index contributed by atoms with van der Waals surface area (Å²) in [7, 11) is 0. The highest BCUT2D eigenvalue weighted by molar-refractivity contribution is 4.80. The van der Waals surface area contributed by atoms with Gasteiger partial charge in [-0.1, -0.05) is 0 Å². The lowest BCUT2D eigenvalue weighted by Gasteiger charge is -2.23. The van der Waals surface area contributed by atoms with Gasteiger partial charge in [-0.2, -0.15) is 0 Å². The van der Waals surface area contributed by atoms with Crippen LogP contribution in [0.5, 0.6) is 0 Å². The van der Waals surface area contributed by atoms with Gasteiger partial charge in [-0.3, -0.25) is 0 Å². The van der Waals surface area contributed by atoms with E-state index in [0.717, 1.165) is 0 Å². The monoisotopic (exact) mass is 198 g/mol. The summed E-state index contributed by atoms with van der Waals surface area (Å²) in [5, 5.41) is 8.90. The summed E-state index contributed by atoms with van der Waals surface area (Å²) in [6, 6.07) is 0. The van der Waals surface area contributed by atoms with Crippen molar-refractivity contribution in [1.82, 2.24) is 9.55 Å². The van der Waals surface area contributed by atoms with Crippen LogP contribution in [0.2, 0.25) is 0 Å². The zero-order chi connectivity index (χ0) is 10.0. The van der Waals surface area contributed by atoms with E-state index in [9.17, 15) is 0 Å². The van der Waals surface area contributed by atoms with Crippen molar-refractivity contribution in [3.05, 3.63) is 18.7 Å². The minimum Gasteiger partial charge on any atom is -0.394 e.